The van der Waals surface area contributed by atoms with Gasteiger partial charge in [-0.05, 0) is 66.2 Å². The van der Waals surface area contributed by atoms with Crippen LogP contribution in [0.2, 0.25) is 0 Å². The van der Waals surface area contributed by atoms with E-state index in [-0.39, 0.29) is 22.5 Å². The van der Waals surface area contributed by atoms with Gasteiger partial charge in [-0.3, -0.25) is 4.40 Å². The fourth-order valence-electron chi connectivity index (χ4n) is 4.03. The second kappa shape index (κ2) is 9.12. The molecule has 186 valence electrons. The van der Waals surface area contributed by atoms with Gasteiger partial charge < -0.3 is 5.73 Å². The first-order chi connectivity index (χ1) is 17.6. The molecule has 2 N–H and O–H groups in total. The molecule has 0 amide bonds. The molecule has 5 rings (SSSR count). The molecule has 0 unspecified atom stereocenters. The van der Waals surface area contributed by atoms with Crippen LogP contribution in [0.15, 0.2) is 90.2 Å². The van der Waals surface area contributed by atoms with Gasteiger partial charge in [-0.2, -0.15) is 13.2 Å². The number of benzene rings is 3. The largest absolute Gasteiger partial charge is 0.417 e. The van der Waals surface area contributed by atoms with Gasteiger partial charge in [-0.25, -0.2) is 23.1 Å². The second-order valence-electron chi connectivity index (χ2n) is 8.09. The zero-order chi connectivity index (χ0) is 26.3. The Balaban J connectivity index is 1.66. The van der Waals surface area contributed by atoms with Crippen LogP contribution in [0, 0.1) is 17.5 Å². The highest BCUT2D eigenvalue weighted by Crippen LogP contribution is 2.36. The van der Waals surface area contributed by atoms with Gasteiger partial charge in [0, 0.05) is 11.1 Å². The van der Waals surface area contributed by atoms with Gasteiger partial charge in [0.05, 0.1) is 28.2 Å². The van der Waals surface area contributed by atoms with E-state index in [2.05, 4.69) is 9.98 Å². The van der Waals surface area contributed by atoms with Crippen molar-refractivity contribution in [2.75, 3.05) is 0 Å². The molecule has 0 atom stereocenters. The van der Waals surface area contributed by atoms with Crippen LogP contribution in [-0.4, -0.2) is 15.2 Å². The molecule has 0 aliphatic rings. The van der Waals surface area contributed by atoms with Crippen molar-refractivity contribution in [1.82, 2.24) is 9.38 Å². The van der Waals surface area contributed by atoms with Crippen molar-refractivity contribution in [3.63, 3.8) is 0 Å². The van der Waals surface area contributed by atoms with Crippen LogP contribution >= 0.6 is 0 Å². The fourth-order valence-corrected chi connectivity index (χ4v) is 4.03. The fraction of sp³-hybridized carbons (Fsp3) is 0.0370. The Hall–Kier alpha value is -4.60. The van der Waals surface area contributed by atoms with E-state index in [1.54, 1.807) is 22.6 Å². The Morgan fingerprint density at radius 3 is 2.32 bits per heavy atom. The SMILES string of the molecule is NC(=Nc1ccc(F)cc1)c1cc(-c2cccc3c(-c4cccc(F)c4F)ncn23)ccc1C(F)(F)F. The Morgan fingerprint density at radius 1 is 0.865 bits per heavy atom. The van der Waals surface area contributed by atoms with Gasteiger partial charge in [0.15, 0.2) is 11.6 Å². The summed E-state index contributed by atoms with van der Waals surface area (Å²) in [6, 6.07) is 16.8. The molecule has 0 bridgehead atoms. The van der Waals surface area contributed by atoms with Crippen molar-refractivity contribution in [2.45, 2.75) is 6.18 Å². The number of hydrogen-bond donors (Lipinski definition) is 1. The topological polar surface area (TPSA) is 55.7 Å². The van der Waals surface area contributed by atoms with Gasteiger partial charge in [-0.15, -0.1) is 0 Å². The smallest absolute Gasteiger partial charge is 0.383 e. The number of alkyl halides is 3. The minimum absolute atomic E-state index is 0.0524. The number of nitrogens with zero attached hydrogens (tertiary/aromatic N) is 3. The van der Waals surface area contributed by atoms with E-state index in [1.165, 1.54) is 42.7 Å². The quantitative estimate of drug-likeness (QED) is 0.159. The van der Waals surface area contributed by atoms with Crippen molar-refractivity contribution in [1.29, 1.82) is 0 Å². The summed E-state index contributed by atoms with van der Waals surface area (Å²) in [4.78, 5) is 8.26. The lowest BCUT2D eigenvalue weighted by Crippen LogP contribution is -2.20. The van der Waals surface area contributed by atoms with Crippen molar-refractivity contribution < 1.29 is 26.3 Å². The number of fused-ring (bicyclic) bond motifs is 1. The third kappa shape index (κ3) is 4.53. The molecule has 0 aliphatic heterocycles. The molecular formula is C27H16F6N4. The molecule has 2 aromatic heterocycles. The van der Waals surface area contributed by atoms with Crippen LogP contribution in [0.1, 0.15) is 11.1 Å². The second-order valence-corrected chi connectivity index (χ2v) is 8.09. The number of rotatable bonds is 4. The van der Waals surface area contributed by atoms with Crippen molar-refractivity contribution in [3.8, 4) is 22.5 Å². The highest BCUT2D eigenvalue weighted by atomic mass is 19.4. The first-order valence-corrected chi connectivity index (χ1v) is 10.9. The van der Waals surface area contributed by atoms with E-state index < -0.39 is 35.0 Å². The van der Waals surface area contributed by atoms with E-state index in [9.17, 15) is 26.3 Å². The molecule has 0 saturated heterocycles. The molecule has 10 heteroatoms. The van der Waals surface area contributed by atoms with E-state index in [0.717, 1.165) is 24.3 Å². The zero-order valence-electron chi connectivity index (χ0n) is 18.8. The first kappa shape index (κ1) is 24.1. The molecule has 0 aliphatic carbocycles. The maximum absolute atomic E-state index is 14.4. The third-order valence-corrected chi connectivity index (χ3v) is 5.75. The number of aromatic nitrogens is 2. The van der Waals surface area contributed by atoms with E-state index in [0.29, 0.717) is 16.8 Å². The molecular weight excluding hydrogens is 494 g/mol. The lowest BCUT2D eigenvalue weighted by molar-refractivity contribution is -0.137. The molecule has 0 fully saturated rings. The molecule has 5 aromatic rings. The van der Waals surface area contributed by atoms with Gasteiger partial charge in [0.2, 0.25) is 0 Å². The van der Waals surface area contributed by atoms with Gasteiger partial charge in [0.25, 0.3) is 0 Å². The predicted octanol–water partition coefficient (Wildman–Crippen LogP) is 7.14. The average molecular weight is 510 g/mol. The summed E-state index contributed by atoms with van der Waals surface area (Å²) in [6.45, 7) is 0. The molecule has 0 radical (unpaired) electrons. The van der Waals surface area contributed by atoms with Crippen molar-refractivity contribution in [2.24, 2.45) is 10.7 Å². The summed E-state index contributed by atoms with van der Waals surface area (Å²) in [6.07, 6.45) is -3.35. The Bertz CT molecular complexity index is 1650. The number of pyridine rings is 1. The monoisotopic (exact) mass is 510 g/mol. The average Bonchev–Trinajstić information content (AvgIpc) is 3.30. The molecule has 3 aromatic carbocycles. The summed E-state index contributed by atoms with van der Waals surface area (Å²) in [5.74, 6) is -3.03. The molecule has 2 heterocycles. The van der Waals surface area contributed by atoms with Crippen LogP contribution < -0.4 is 5.73 Å². The number of nitrogens with two attached hydrogens (primary N) is 1. The van der Waals surface area contributed by atoms with E-state index >= 15 is 0 Å². The zero-order valence-corrected chi connectivity index (χ0v) is 18.8. The lowest BCUT2D eigenvalue weighted by Gasteiger charge is -2.15. The Morgan fingerprint density at radius 2 is 1.59 bits per heavy atom. The van der Waals surface area contributed by atoms with Gasteiger partial charge >= 0.3 is 6.18 Å². The van der Waals surface area contributed by atoms with Crippen molar-refractivity contribution >= 4 is 17.0 Å². The lowest BCUT2D eigenvalue weighted by atomic mass is 10.00. The summed E-state index contributed by atoms with van der Waals surface area (Å²) >= 11 is 0. The number of halogens is 6. The first-order valence-electron chi connectivity index (χ1n) is 10.9. The summed E-state index contributed by atoms with van der Waals surface area (Å²) < 4.78 is 84.4. The summed E-state index contributed by atoms with van der Waals surface area (Å²) in [7, 11) is 0. The Labute approximate surface area is 206 Å². The van der Waals surface area contributed by atoms with Crippen LogP contribution in [0.5, 0.6) is 0 Å². The highest BCUT2D eigenvalue weighted by Gasteiger charge is 2.34. The summed E-state index contributed by atoms with van der Waals surface area (Å²) in [5.41, 5.74) is 6.10. The number of aliphatic imine (C=N–C) groups is 1. The van der Waals surface area contributed by atoms with Crippen molar-refractivity contribution in [3.05, 3.63) is 114 Å². The minimum Gasteiger partial charge on any atom is -0.383 e. The van der Waals surface area contributed by atoms with E-state index in [4.69, 9.17) is 5.73 Å². The van der Waals surface area contributed by atoms with Crippen LogP contribution in [0.25, 0.3) is 28.0 Å². The Kier molecular flexibility index (Phi) is 5.94. The number of amidine groups is 1. The molecule has 4 nitrogen and oxygen atoms in total. The third-order valence-electron chi connectivity index (χ3n) is 5.75. The van der Waals surface area contributed by atoms with Crippen LogP contribution in [0.4, 0.5) is 32.0 Å². The molecule has 37 heavy (non-hydrogen) atoms. The maximum atomic E-state index is 14.4. The standard InChI is InChI=1S/C27H16F6N4/c28-16-8-10-17(11-9-16)36-26(34)19-13-15(7-12-20(19)27(31,32)33)22-5-2-6-23-25(35-14-37(22)23)18-3-1-4-21(29)24(18)30/h1-14H,(H2,34,36). The normalized spacial score (nSPS) is 12.3. The van der Waals surface area contributed by atoms with Gasteiger partial charge in [0.1, 0.15) is 18.0 Å². The van der Waals surface area contributed by atoms with Crippen LogP contribution in [0.3, 0.4) is 0 Å². The summed E-state index contributed by atoms with van der Waals surface area (Å²) in [5, 5.41) is 0. The van der Waals surface area contributed by atoms with Gasteiger partial charge in [-0.1, -0.05) is 18.2 Å². The number of imidazole rings is 1. The molecule has 0 saturated carbocycles. The van der Waals surface area contributed by atoms with Crippen LogP contribution in [-0.2, 0) is 6.18 Å². The maximum Gasteiger partial charge on any atom is 0.417 e. The highest BCUT2D eigenvalue weighted by molar-refractivity contribution is 6.01. The predicted molar refractivity (Wildman–Crippen MR) is 128 cm³/mol. The van der Waals surface area contributed by atoms with E-state index in [1.807, 2.05) is 0 Å². The molecule has 0 spiro atoms. The minimum atomic E-state index is -4.72. The number of hydrogen-bond acceptors (Lipinski definition) is 2.